The molecule has 0 aliphatic heterocycles. The van der Waals surface area contributed by atoms with Gasteiger partial charge in [0.15, 0.2) is 11.6 Å². The van der Waals surface area contributed by atoms with Crippen LogP contribution in [0.1, 0.15) is 59.5 Å². The molecule has 5 rings (SSSR count). The van der Waals surface area contributed by atoms with Crippen LogP contribution in [0, 0.1) is 0 Å². The fourth-order valence-electron chi connectivity index (χ4n) is 6.03. The fraction of sp³-hybridized carbons (Fsp3) is 0.182. The van der Waals surface area contributed by atoms with Gasteiger partial charge in [-0.3, -0.25) is 28.8 Å². The van der Waals surface area contributed by atoms with Crippen molar-refractivity contribution in [2.75, 3.05) is 21.3 Å². The van der Waals surface area contributed by atoms with Crippen LogP contribution in [0.2, 0.25) is 40.2 Å². The number of hydrogen-bond donors (Lipinski definition) is 4. The third-order valence-corrected chi connectivity index (χ3v) is 12.0. The molecule has 0 aromatic heterocycles. The zero-order chi connectivity index (χ0) is 48.6. The van der Waals surface area contributed by atoms with E-state index in [0.29, 0.717) is 29.7 Å². The molecular formula is C44H34Cl8N8O6. The van der Waals surface area contributed by atoms with Crippen molar-refractivity contribution in [3.8, 4) is 0 Å². The van der Waals surface area contributed by atoms with E-state index in [9.17, 15) is 28.8 Å². The zero-order valence-electron chi connectivity index (χ0n) is 34.8. The van der Waals surface area contributed by atoms with E-state index >= 15 is 0 Å². The van der Waals surface area contributed by atoms with Gasteiger partial charge >= 0.3 is 0 Å². The Balaban J connectivity index is 1.31. The molecule has 0 fully saturated rings. The smallest absolute Gasteiger partial charge is 0.258 e. The highest BCUT2D eigenvalue weighted by Crippen LogP contribution is 2.35. The standard InChI is InChI=1S/C44H34Cl8N8O6/c1-5-21-9-27(55-43(65)38(19(3)61)59-57-30-11-23(7-25(45)13-30)41(63)53-28-15-32(47)36(51)33(48)16-28)10-22(6-2)40(21)56-44(66)39(20(4)62)60-58-31-12-24(8-26(46)14-31)42(64)54-29-17-34(49)37(52)35(50)18-29/h7-18,38-39H,5-6H2,1-4H3,(H,53,63)(H,54,64)(H,55,65)(H,56,66). The number of halogens is 8. The fourth-order valence-corrected chi connectivity index (χ4v) is 7.68. The lowest BCUT2D eigenvalue weighted by Crippen LogP contribution is -2.33. The van der Waals surface area contributed by atoms with Crippen molar-refractivity contribution in [3.63, 3.8) is 0 Å². The van der Waals surface area contributed by atoms with E-state index in [1.807, 2.05) is 13.8 Å². The maximum Gasteiger partial charge on any atom is 0.258 e. The third-order valence-electron chi connectivity index (χ3n) is 9.20. The van der Waals surface area contributed by atoms with E-state index in [4.69, 9.17) is 92.8 Å². The largest absolute Gasteiger partial charge is 0.324 e. The predicted molar refractivity (Wildman–Crippen MR) is 262 cm³/mol. The van der Waals surface area contributed by atoms with Crippen LogP contribution in [-0.2, 0) is 32.0 Å². The maximum atomic E-state index is 13.7. The Bertz CT molecular complexity index is 2790. The molecular weight excluding hydrogens is 1020 g/mol. The quantitative estimate of drug-likeness (QED) is 0.0430. The van der Waals surface area contributed by atoms with Crippen molar-refractivity contribution in [1.82, 2.24) is 0 Å². The number of rotatable bonds is 16. The molecule has 66 heavy (non-hydrogen) atoms. The van der Waals surface area contributed by atoms with Crippen molar-refractivity contribution >= 4 is 162 Å². The number of nitrogens with one attached hydrogen (secondary N) is 4. The minimum atomic E-state index is -1.61. The first-order valence-electron chi connectivity index (χ1n) is 19.3. The molecule has 22 heteroatoms. The van der Waals surface area contributed by atoms with Gasteiger partial charge in [0.2, 0.25) is 12.1 Å². The highest BCUT2D eigenvalue weighted by Gasteiger charge is 2.27. The molecule has 0 aliphatic rings. The lowest BCUT2D eigenvalue weighted by atomic mass is 10.0. The van der Waals surface area contributed by atoms with Crippen molar-refractivity contribution in [2.45, 2.75) is 52.6 Å². The molecule has 5 aromatic carbocycles. The molecule has 0 saturated heterocycles. The Morgan fingerprint density at radius 2 is 0.818 bits per heavy atom. The van der Waals surface area contributed by atoms with E-state index < -0.39 is 47.3 Å². The summed E-state index contributed by atoms with van der Waals surface area (Å²) < 4.78 is 0. The van der Waals surface area contributed by atoms with Crippen LogP contribution in [-0.4, -0.2) is 47.3 Å². The van der Waals surface area contributed by atoms with Crippen LogP contribution >= 0.6 is 92.8 Å². The van der Waals surface area contributed by atoms with Crippen molar-refractivity contribution in [1.29, 1.82) is 0 Å². The SMILES string of the molecule is CCc1cc(NC(=O)C(N=Nc2cc(Cl)cc(C(=O)Nc3cc(Cl)c(Cl)c(Cl)c3)c2)C(C)=O)cc(CC)c1NC(=O)C(N=Nc1cc(Cl)cc(C(=O)Nc2cc(Cl)c(Cl)c(Cl)c2)c1)C(C)=O. The number of ketones is 2. The molecule has 0 spiro atoms. The first kappa shape index (κ1) is 51.8. The second-order valence-corrected chi connectivity index (χ2v) is 17.4. The van der Waals surface area contributed by atoms with Crippen LogP contribution in [0.25, 0.3) is 0 Å². The average Bonchev–Trinajstić information content (AvgIpc) is 3.24. The van der Waals surface area contributed by atoms with Gasteiger partial charge in [-0.05, 0) is 111 Å². The van der Waals surface area contributed by atoms with Gasteiger partial charge in [-0.2, -0.15) is 20.5 Å². The van der Waals surface area contributed by atoms with Gasteiger partial charge < -0.3 is 21.3 Å². The van der Waals surface area contributed by atoms with Gasteiger partial charge in [0.1, 0.15) is 0 Å². The number of carbonyl (C=O) groups excluding carboxylic acids is 6. The zero-order valence-corrected chi connectivity index (χ0v) is 40.8. The summed E-state index contributed by atoms with van der Waals surface area (Å²) in [6, 6.07) is 13.8. The maximum absolute atomic E-state index is 13.7. The van der Waals surface area contributed by atoms with Crippen LogP contribution in [0.15, 0.2) is 93.3 Å². The molecule has 4 N–H and O–H groups in total. The predicted octanol–water partition coefficient (Wildman–Crippen LogP) is 13.9. The van der Waals surface area contributed by atoms with E-state index in [2.05, 4.69) is 41.7 Å². The highest BCUT2D eigenvalue weighted by atomic mass is 35.5. The lowest BCUT2D eigenvalue weighted by molar-refractivity contribution is -0.127. The number of benzene rings is 5. The monoisotopic (exact) mass is 1050 g/mol. The van der Waals surface area contributed by atoms with E-state index in [1.54, 1.807) is 12.1 Å². The van der Waals surface area contributed by atoms with Crippen LogP contribution in [0.3, 0.4) is 0 Å². The average molecular weight is 1050 g/mol. The minimum Gasteiger partial charge on any atom is -0.324 e. The molecule has 2 atom stereocenters. The van der Waals surface area contributed by atoms with Gasteiger partial charge in [-0.1, -0.05) is 107 Å². The summed E-state index contributed by atoms with van der Waals surface area (Å²) in [7, 11) is 0. The van der Waals surface area contributed by atoms with Crippen LogP contribution in [0.5, 0.6) is 0 Å². The molecule has 342 valence electrons. The number of azo groups is 2. The van der Waals surface area contributed by atoms with Crippen LogP contribution < -0.4 is 21.3 Å². The molecule has 0 aliphatic carbocycles. The summed E-state index contributed by atoms with van der Waals surface area (Å²) in [6.45, 7) is 5.96. The summed E-state index contributed by atoms with van der Waals surface area (Å²) in [5.41, 5.74) is 2.58. The highest BCUT2D eigenvalue weighted by molar-refractivity contribution is 6.49. The Labute approximate surface area is 417 Å². The number of nitrogens with zero attached hydrogens (tertiary/aromatic N) is 4. The molecule has 0 heterocycles. The summed E-state index contributed by atoms with van der Waals surface area (Å²) in [5.74, 6) is -4.11. The molecule has 0 radical (unpaired) electrons. The number of hydrogen-bond acceptors (Lipinski definition) is 10. The molecule has 0 bridgehead atoms. The Hall–Kier alpha value is -5.16. The van der Waals surface area contributed by atoms with Crippen molar-refractivity contribution < 1.29 is 28.8 Å². The first-order chi connectivity index (χ1) is 31.2. The number of aryl methyl sites for hydroxylation is 2. The molecule has 4 amide bonds. The Morgan fingerprint density at radius 1 is 0.470 bits per heavy atom. The second-order valence-electron chi connectivity index (χ2n) is 14.1. The summed E-state index contributed by atoms with van der Waals surface area (Å²) in [6.07, 6.45) is 0.720. The molecule has 0 saturated carbocycles. The Kier molecular flexibility index (Phi) is 18.1. The summed E-state index contributed by atoms with van der Waals surface area (Å²) in [5, 5.41) is 27.8. The first-order valence-corrected chi connectivity index (χ1v) is 22.3. The van der Waals surface area contributed by atoms with Gasteiger partial charge in [0.25, 0.3) is 23.6 Å². The topological polar surface area (TPSA) is 200 Å². The number of carbonyl (C=O) groups is 6. The number of anilines is 4. The second kappa shape index (κ2) is 23.0. The van der Waals surface area contributed by atoms with Crippen molar-refractivity contribution in [2.24, 2.45) is 20.5 Å². The van der Waals surface area contributed by atoms with E-state index in [1.165, 1.54) is 67.6 Å². The normalized spacial score (nSPS) is 12.2. The Morgan fingerprint density at radius 3 is 1.17 bits per heavy atom. The summed E-state index contributed by atoms with van der Waals surface area (Å²) in [4.78, 5) is 78.8. The summed E-state index contributed by atoms with van der Waals surface area (Å²) >= 11 is 48.9. The van der Waals surface area contributed by atoms with Gasteiger partial charge in [0.05, 0.1) is 41.5 Å². The number of amides is 4. The van der Waals surface area contributed by atoms with Crippen LogP contribution in [0.4, 0.5) is 34.1 Å². The molecule has 2 unspecified atom stereocenters. The van der Waals surface area contributed by atoms with Gasteiger partial charge in [-0.25, -0.2) is 0 Å². The van der Waals surface area contributed by atoms with Gasteiger partial charge in [-0.15, -0.1) is 0 Å². The minimum absolute atomic E-state index is 0.0658. The lowest BCUT2D eigenvalue weighted by Gasteiger charge is -2.19. The number of Topliss-reactive ketones (excluding diaryl/α,β-unsaturated/α-hetero) is 2. The third kappa shape index (κ3) is 13.5. The van der Waals surface area contributed by atoms with Gasteiger partial charge in [0, 0.05) is 43.9 Å². The van der Waals surface area contributed by atoms with E-state index in [0.717, 1.165) is 6.92 Å². The van der Waals surface area contributed by atoms with Crippen molar-refractivity contribution in [3.05, 3.63) is 135 Å². The molecule has 5 aromatic rings. The van der Waals surface area contributed by atoms with E-state index in [-0.39, 0.29) is 79.7 Å². The molecule has 14 nitrogen and oxygen atoms in total.